The molecule has 66 heavy (non-hydrogen) atoms. The molecule has 9 heteroatoms. The summed E-state index contributed by atoms with van der Waals surface area (Å²) in [5, 5.41) is 12.4. The van der Waals surface area contributed by atoms with Crippen LogP contribution in [0.15, 0.2) is 84.9 Å². The van der Waals surface area contributed by atoms with E-state index in [2.05, 4.69) is 130 Å². The Morgan fingerprint density at radius 3 is 1.59 bits per heavy atom. The smallest absolute Gasteiger partial charge is 0.491 e. The number of ether oxygens (including phenoxy) is 2. The monoisotopic (exact) mass is 1080 g/mol. The van der Waals surface area contributed by atoms with Crippen LogP contribution in [0.25, 0.3) is 0 Å². The summed E-state index contributed by atoms with van der Waals surface area (Å²) in [6.45, 7) is 27.9. The zero-order valence-electron chi connectivity index (χ0n) is 43.0. The molecular weight excluding hydrogens is 1000 g/mol. The van der Waals surface area contributed by atoms with E-state index in [9.17, 15) is 14.7 Å². The number of benzene rings is 4. The van der Waals surface area contributed by atoms with Gasteiger partial charge in [-0.2, -0.15) is 12.8 Å². The molecule has 0 heterocycles. The van der Waals surface area contributed by atoms with Gasteiger partial charge in [0.25, 0.3) is 8.32 Å². The maximum atomic E-state index is 12.1. The second-order valence-electron chi connectivity index (χ2n) is 20.6. The molecule has 0 spiro atoms. The molecule has 0 saturated heterocycles. The Morgan fingerprint density at radius 2 is 1.18 bits per heavy atom. The van der Waals surface area contributed by atoms with E-state index in [1.807, 2.05) is 59.7 Å². The Morgan fingerprint density at radius 1 is 0.742 bits per heavy atom. The molecule has 1 N–H and O–H groups in total. The van der Waals surface area contributed by atoms with Crippen molar-refractivity contribution in [2.75, 3.05) is 13.2 Å². The minimum absolute atomic E-state index is 0. The van der Waals surface area contributed by atoms with Crippen LogP contribution in [0.4, 0.5) is 0 Å². The zero-order valence-corrected chi connectivity index (χ0v) is 49.2. The Bertz CT molecular complexity index is 2080. The third kappa shape index (κ3) is 15.9. The van der Waals surface area contributed by atoms with Gasteiger partial charge in [-0.15, -0.1) is 0 Å². The number of Topliss-reactive ketones (excluding diaryl/α,β-unsaturated/α-hetero) is 2. The van der Waals surface area contributed by atoms with Crippen molar-refractivity contribution in [1.29, 1.82) is 0 Å². The molecule has 0 bridgehead atoms. The van der Waals surface area contributed by atoms with Gasteiger partial charge in [-0.3, -0.25) is 9.59 Å². The Balaban J connectivity index is 0.000000347. The number of aryl methyl sites for hydroxylation is 2. The molecule has 0 aliphatic heterocycles. The summed E-state index contributed by atoms with van der Waals surface area (Å²) in [5.74, 6) is 2.19. The molecule has 2 fully saturated rings. The predicted octanol–water partition coefficient (Wildman–Crippen LogP) is 14.0. The molecule has 2 saturated carbocycles. The van der Waals surface area contributed by atoms with Crippen molar-refractivity contribution >= 4 is 52.8 Å². The van der Waals surface area contributed by atoms with E-state index in [0.717, 1.165) is 75.2 Å². The summed E-state index contributed by atoms with van der Waals surface area (Å²) >= 11 is 2.18. The van der Waals surface area contributed by atoms with Crippen LogP contribution in [0.2, 0.25) is 5.04 Å². The number of hydrogen-bond acceptors (Lipinski definition) is 6. The number of hydrogen-bond donors (Lipinski definition) is 1. The summed E-state index contributed by atoms with van der Waals surface area (Å²) in [4.78, 5) is 23.5. The van der Waals surface area contributed by atoms with Crippen molar-refractivity contribution < 1.29 is 48.1 Å². The van der Waals surface area contributed by atoms with Crippen molar-refractivity contribution in [3.8, 4) is 11.5 Å². The molecule has 4 aromatic rings. The second kappa shape index (κ2) is 26.3. The van der Waals surface area contributed by atoms with Gasteiger partial charge < -0.3 is 32.9 Å². The van der Waals surface area contributed by atoms with Crippen LogP contribution in [0.1, 0.15) is 171 Å². The number of carbonyl (C=O) groups is 2. The van der Waals surface area contributed by atoms with Crippen molar-refractivity contribution in [3.05, 3.63) is 130 Å². The molecule has 0 atom stereocenters. The SMILES string of the molecule is CC(=O)c1cc(OC(C)C)c(C)cc1C1CCC(C)(CO)CC1.CC(=O)c1cc(OC(C)C)c(C)cc1I.CC1(CO[Si](c2ccccc2)(c2ccccc2)C(C)(C)C)CC[CH-]CC1.[CH3-].[Zn+2]. The Labute approximate surface area is 428 Å². The quantitative estimate of drug-likeness (QED) is 0.0622. The van der Waals surface area contributed by atoms with Crippen LogP contribution in [-0.4, -0.2) is 50.4 Å². The maximum Gasteiger partial charge on any atom is 2.00 e. The molecule has 0 aromatic heterocycles. The standard InChI is InChI=1S/C24H33OSi.C20H30O3.C12H15IO2.CH3.Zn/c1-23(2,3)26(21-14-8-5-9-15-21,22-16-10-6-11-17-22)25-20-24(4)18-12-7-13-19-24;1-13(2)23-19-11-17(15(4)22)18(10-14(19)3)16-6-8-20(5,12-21)9-7-16;1-7(2)15-12-6-10(9(4)14)11(13)5-8(12)3;;/h5-11,14-17H,12-13,18-20H2,1-4H3;10-11,13,16,21H,6-9,12H2,1-5H3;5-7H,1-4H3;1H3;/q-1;;;-1;+2. The largest absolute Gasteiger partial charge is 2.00 e. The first kappa shape index (κ1) is 59.4. The first-order valence-electron chi connectivity index (χ1n) is 23.5. The van der Waals surface area contributed by atoms with E-state index in [0.29, 0.717) is 11.3 Å². The molecule has 6 rings (SSSR count). The minimum atomic E-state index is -2.39. The van der Waals surface area contributed by atoms with Crippen LogP contribution in [-0.2, 0) is 23.9 Å². The van der Waals surface area contributed by atoms with Gasteiger partial charge >= 0.3 is 19.5 Å². The van der Waals surface area contributed by atoms with E-state index in [1.54, 1.807) is 13.8 Å². The van der Waals surface area contributed by atoms with Crippen LogP contribution < -0.4 is 19.8 Å². The fourth-order valence-electron chi connectivity index (χ4n) is 9.18. The first-order valence-corrected chi connectivity index (χ1v) is 26.5. The number of aliphatic hydroxyl groups excluding tert-OH is 1. The maximum absolute atomic E-state index is 12.1. The molecule has 0 amide bonds. The molecule has 2 aliphatic rings. The minimum Gasteiger partial charge on any atom is -0.491 e. The number of aliphatic hydroxyl groups is 1. The molecular formula is C57H81IO6SiZn. The third-order valence-corrected chi connectivity index (χ3v) is 18.9. The number of ketones is 2. The van der Waals surface area contributed by atoms with Crippen LogP contribution in [0, 0.1) is 42.1 Å². The van der Waals surface area contributed by atoms with Crippen molar-refractivity contribution in [2.45, 2.75) is 165 Å². The van der Waals surface area contributed by atoms with E-state index in [1.165, 1.54) is 36.1 Å². The van der Waals surface area contributed by atoms with Crippen molar-refractivity contribution in [1.82, 2.24) is 0 Å². The molecule has 4 aromatic carbocycles. The van der Waals surface area contributed by atoms with Gasteiger partial charge in [0.15, 0.2) is 11.6 Å². The normalized spacial score (nSPS) is 18.0. The number of carbonyl (C=O) groups excluding carboxylic acids is 2. The fourth-order valence-corrected chi connectivity index (χ4v) is 14.9. The van der Waals surface area contributed by atoms with E-state index < -0.39 is 8.32 Å². The molecule has 0 radical (unpaired) electrons. The molecule has 2 aliphatic carbocycles. The van der Waals surface area contributed by atoms with Gasteiger partial charge in [-0.05, 0) is 171 Å². The van der Waals surface area contributed by atoms with E-state index >= 15 is 0 Å². The van der Waals surface area contributed by atoms with Crippen LogP contribution in [0.5, 0.6) is 11.5 Å². The first-order chi connectivity index (χ1) is 30.0. The van der Waals surface area contributed by atoms with Crippen molar-refractivity contribution in [2.24, 2.45) is 10.8 Å². The van der Waals surface area contributed by atoms with E-state index in [-0.39, 0.29) is 67.7 Å². The average Bonchev–Trinajstić information content (AvgIpc) is 3.23. The summed E-state index contributed by atoms with van der Waals surface area (Å²) in [7, 11) is -2.39. The van der Waals surface area contributed by atoms with E-state index in [4.69, 9.17) is 13.9 Å². The van der Waals surface area contributed by atoms with Gasteiger partial charge in [-0.25, -0.2) is 0 Å². The van der Waals surface area contributed by atoms with Crippen molar-refractivity contribution in [3.63, 3.8) is 0 Å². The molecule has 358 valence electrons. The van der Waals surface area contributed by atoms with Gasteiger partial charge in [-0.1, -0.05) is 114 Å². The summed E-state index contributed by atoms with van der Waals surface area (Å²) < 4.78 is 19.6. The Kier molecular flexibility index (Phi) is 23.7. The van der Waals surface area contributed by atoms with Gasteiger partial charge in [0.1, 0.15) is 11.5 Å². The fraction of sp³-hybridized carbons (Fsp3) is 0.509. The third-order valence-electron chi connectivity index (χ3n) is 13.1. The number of rotatable bonds is 13. The summed E-state index contributed by atoms with van der Waals surface area (Å²) in [6.07, 6.45) is 11.7. The predicted molar refractivity (Wildman–Crippen MR) is 284 cm³/mol. The average molecular weight is 1080 g/mol. The van der Waals surface area contributed by atoms with Gasteiger partial charge in [0, 0.05) is 27.9 Å². The Hall–Kier alpha value is -2.69. The number of halogens is 1. The van der Waals surface area contributed by atoms with Crippen LogP contribution >= 0.6 is 22.6 Å². The summed E-state index contributed by atoms with van der Waals surface area (Å²) in [6, 6.07) is 29.8. The molecule has 0 unspecified atom stereocenters. The molecule has 6 nitrogen and oxygen atoms in total. The van der Waals surface area contributed by atoms with Gasteiger partial charge in [0.2, 0.25) is 0 Å². The second-order valence-corrected chi connectivity index (χ2v) is 26.1. The van der Waals surface area contributed by atoms with Gasteiger partial charge in [0.05, 0.1) is 12.2 Å². The summed E-state index contributed by atoms with van der Waals surface area (Å²) in [5.41, 5.74) is 5.18. The zero-order chi connectivity index (χ0) is 47.5. The topological polar surface area (TPSA) is 82.1 Å². The van der Waals surface area contributed by atoms with Crippen LogP contribution in [0.3, 0.4) is 0 Å².